The van der Waals surface area contributed by atoms with Crippen LogP contribution in [-0.4, -0.2) is 17.5 Å². The molecule has 4 unspecified atom stereocenters. The predicted molar refractivity (Wildman–Crippen MR) is 50.2 cm³/mol. The van der Waals surface area contributed by atoms with Crippen molar-refractivity contribution in [3.05, 3.63) is 0 Å². The molecule has 74 valence electrons. The van der Waals surface area contributed by atoms with Crippen molar-refractivity contribution in [2.45, 2.75) is 44.6 Å². The van der Waals surface area contributed by atoms with Crippen LogP contribution in [0.4, 0.5) is 0 Å². The SMILES string of the molecule is O=CC1C(O)CCC2CCCCC21. The largest absolute Gasteiger partial charge is 0.392 e. The Hall–Kier alpha value is -0.370. The van der Waals surface area contributed by atoms with Crippen molar-refractivity contribution in [3.8, 4) is 0 Å². The molecule has 0 bridgehead atoms. The van der Waals surface area contributed by atoms with Crippen LogP contribution in [0.2, 0.25) is 0 Å². The smallest absolute Gasteiger partial charge is 0.125 e. The van der Waals surface area contributed by atoms with Crippen molar-refractivity contribution in [2.75, 3.05) is 0 Å². The fourth-order valence-electron chi connectivity index (χ4n) is 3.16. The molecule has 0 amide bonds. The van der Waals surface area contributed by atoms with E-state index in [0.29, 0.717) is 5.92 Å². The summed E-state index contributed by atoms with van der Waals surface area (Å²) in [6, 6.07) is 0. The second-order valence-electron chi connectivity index (χ2n) is 4.57. The molecule has 4 atom stereocenters. The zero-order valence-corrected chi connectivity index (χ0v) is 7.98. The molecule has 2 aliphatic rings. The van der Waals surface area contributed by atoms with Gasteiger partial charge in [0.2, 0.25) is 0 Å². The fourth-order valence-corrected chi connectivity index (χ4v) is 3.16. The van der Waals surface area contributed by atoms with E-state index < -0.39 is 0 Å². The van der Waals surface area contributed by atoms with Gasteiger partial charge in [-0.2, -0.15) is 0 Å². The van der Waals surface area contributed by atoms with Crippen LogP contribution in [0.1, 0.15) is 38.5 Å². The van der Waals surface area contributed by atoms with E-state index in [-0.39, 0.29) is 12.0 Å². The van der Waals surface area contributed by atoms with Gasteiger partial charge in [-0.25, -0.2) is 0 Å². The van der Waals surface area contributed by atoms with Crippen LogP contribution in [0.3, 0.4) is 0 Å². The van der Waals surface area contributed by atoms with Crippen LogP contribution in [0.5, 0.6) is 0 Å². The molecule has 1 N–H and O–H groups in total. The van der Waals surface area contributed by atoms with Gasteiger partial charge in [0.05, 0.1) is 6.10 Å². The molecule has 0 aromatic heterocycles. The van der Waals surface area contributed by atoms with Gasteiger partial charge in [0.25, 0.3) is 0 Å². The average molecular weight is 182 g/mol. The second-order valence-corrected chi connectivity index (χ2v) is 4.57. The molecule has 0 aromatic carbocycles. The van der Waals surface area contributed by atoms with Gasteiger partial charge in [0, 0.05) is 5.92 Å². The minimum atomic E-state index is -0.350. The minimum absolute atomic E-state index is 0.0564. The Morgan fingerprint density at radius 1 is 1.08 bits per heavy atom. The quantitative estimate of drug-likeness (QED) is 0.627. The molecule has 2 heteroatoms. The molecule has 2 nitrogen and oxygen atoms in total. The van der Waals surface area contributed by atoms with E-state index in [1.165, 1.54) is 19.3 Å². The zero-order chi connectivity index (χ0) is 9.26. The van der Waals surface area contributed by atoms with Gasteiger partial charge >= 0.3 is 0 Å². The van der Waals surface area contributed by atoms with Crippen LogP contribution < -0.4 is 0 Å². The van der Waals surface area contributed by atoms with Gasteiger partial charge in [-0.3, -0.25) is 0 Å². The minimum Gasteiger partial charge on any atom is -0.392 e. The summed E-state index contributed by atoms with van der Waals surface area (Å²) in [5.74, 6) is 1.17. The highest BCUT2D eigenvalue weighted by Crippen LogP contribution is 2.42. The maximum Gasteiger partial charge on any atom is 0.125 e. The van der Waals surface area contributed by atoms with E-state index in [2.05, 4.69) is 0 Å². The van der Waals surface area contributed by atoms with E-state index in [4.69, 9.17) is 0 Å². The number of aldehydes is 1. The summed E-state index contributed by atoms with van der Waals surface area (Å²) in [4.78, 5) is 10.9. The summed E-state index contributed by atoms with van der Waals surface area (Å²) >= 11 is 0. The number of carbonyl (C=O) groups is 1. The molecule has 13 heavy (non-hydrogen) atoms. The first kappa shape index (κ1) is 9.20. The van der Waals surface area contributed by atoms with Crippen molar-refractivity contribution in [3.63, 3.8) is 0 Å². The lowest BCUT2D eigenvalue weighted by Crippen LogP contribution is -2.40. The first-order chi connectivity index (χ1) is 6.33. The Bertz CT molecular complexity index is 191. The third-order valence-corrected chi connectivity index (χ3v) is 3.90. The monoisotopic (exact) mass is 182 g/mol. The number of hydrogen-bond acceptors (Lipinski definition) is 2. The molecule has 2 fully saturated rings. The number of rotatable bonds is 1. The van der Waals surface area contributed by atoms with Crippen LogP contribution >= 0.6 is 0 Å². The third kappa shape index (κ3) is 1.64. The Balaban J connectivity index is 2.09. The maximum atomic E-state index is 10.9. The van der Waals surface area contributed by atoms with Crippen molar-refractivity contribution in [1.82, 2.24) is 0 Å². The lowest BCUT2D eigenvalue weighted by atomic mass is 9.65. The Morgan fingerprint density at radius 3 is 2.62 bits per heavy atom. The summed E-state index contributed by atoms with van der Waals surface area (Å²) < 4.78 is 0. The molecule has 2 rings (SSSR count). The highest BCUT2D eigenvalue weighted by atomic mass is 16.3. The first-order valence-electron chi connectivity index (χ1n) is 5.46. The lowest BCUT2D eigenvalue weighted by molar-refractivity contribution is -0.121. The third-order valence-electron chi connectivity index (χ3n) is 3.90. The highest BCUT2D eigenvalue weighted by Gasteiger charge is 2.39. The first-order valence-corrected chi connectivity index (χ1v) is 5.46. The standard InChI is InChI=1S/C11H18O2/c12-7-10-9-4-2-1-3-8(9)5-6-11(10)13/h7-11,13H,1-6H2. The van der Waals surface area contributed by atoms with E-state index >= 15 is 0 Å². The topological polar surface area (TPSA) is 37.3 Å². The summed E-state index contributed by atoms with van der Waals surface area (Å²) in [5, 5.41) is 9.68. The Kier molecular flexibility index (Phi) is 2.68. The van der Waals surface area contributed by atoms with Gasteiger partial charge in [-0.1, -0.05) is 19.3 Å². The summed E-state index contributed by atoms with van der Waals surface area (Å²) in [7, 11) is 0. The summed E-state index contributed by atoms with van der Waals surface area (Å²) in [6.45, 7) is 0. The van der Waals surface area contributed by atoms with E-state index in [1.807, 2.05) is 0 Å². The van der Waals surface area contributed by atoms with Gasteiger partial charge < -0.3 is 9.90 Å². The van der Waals surface area contributed by atoms with E-state index in [0.717, 1.165) is 31.5 Å². The predicted octanol–water partition coefficient (Wildman–Crippen LogP) is 1.76. The van der Waals surface area contributed by atoms with Crippen molar-refractivity contribution < 1.29 is 9.90 Å². The maximum absolute atomic E-state index is 10.9. The van der Waals surface area contributed by atoms with Crippen LogP contribution in [0, 0.1) is 17.8 Å². The molecular weight excluding hydrogens is 164 g/mol. The van der Waals surface area contributed by atoms with Crippen LogP contribution in [0.15, 0.2) is 0 Å². The average Bonchev–Trinajstić information content (AvgIpc) is 2.18. The molecule has 2 aliphatic carbocycles. The normalized spacial score (nSPS) is 45.3. The van der Waals surface area contributed by atoms with Crippen LogP contribution in [0.25, 0.3) is 0 Å². The van der Waals surface area contributed by atoms with E-state index in [1.54, 1.807) is 0 Å². The molecule has 2 saturated carbocycles. The Labute approximate surface area is 79.3 Å². The van der Waals surface area contributed by atoms with Gasteiger partial charge in [-0.15, -0.1) is 0 Å². The molecule has 0 spiro atoms. The Morgan fingerprint density at radius 2 is 1.85 bits per heavy atom. The molecule has 0 radical (unpaired) electrons. The van der Waals surface area contributed by atoms with Gasteiger partial charge in [0.15, 0.2) is 0 Å². The van der Waals surface area contributed by atoms with Crippen molar-refractivity contribution in [1.29, 1.82) is 0 Å². The number of aliphatic hydroxyl groups is 1. The number of aliphatic hydroxyl groups excluding tert-OH is 1. The number of carbonyl (C=O) groups excluding carboxylic acids is 1. The summed E-state index contributed by atoms with van der Waals surface area (Å²) in [5.41, 5.74) is 0. The molecular formula is C11H18O2. The van der Waals surface area contributed by atoms with Crippen LogP contribution in [-0.2, 0) is 4.79 Å². The molecule has 0 heterocycles. The molecule has 0 aromatic rings. The molecule has 0 aliphatic heterocycles. The highest BCUT2D eigenvalue weighted by molar-refractivity contribution is 5.55. The number of fused-ring (bicyclic) bond motifs is 1. The summed E-state index contributed by atoms with van der Waals surface area (Å²) in [6.07, 6.45) is 7.62. The van der Waals surface area contributed by atoms with E-state index in [9.17, 15) is 9.90 Å². The fraction of sp³-hybridized carbons (Fsp3) is 0.909. The van der Waals surface area contributed by atoms with Gasteiger partial charge in [0.1, 0.15) is 6.29 Å². The molecule has 0 saturated heterocycles. The van der Waals surface area contributed by atoms with Crippen molar-refractivity contribution >= 4 is 6.29 Å². The lowest BCUT2D eigenvalue weighted by Gasteiger charge is -2.41. The van der Waals surface area contributed by atoms with Crippen molar-refractivity contribution in [2.24, 2.45) is 17.8 Å². The number of hydrogen-bond donors (Lipinski definition) is 1. The van der Waals surface area contributed by atoms with Gasteiger partial charge in [-0.05, 0) is 31.1 Å². The second kappa shape index (κ2) is 3.79. The zero-order valence-electron chi connectivity index (χ0n) is 7.98.